The lowest BCUT2D eigenvalue weighted by molar-refractivity contribution is 0.571. The van der Waals surface area contributed by atoms with Crippen LogP contribution in [0.1, 0.15) is 15.8 Å². The van der Waals surface area contributed by atoms with Crippen molar-refractivity contribution < 1.29 is 13.2 Å². The molecule has 0 bridgehead atoms. The van der Waals surface area contributed by atoms with E-state index in [9.17, 15) is 13.2 Å². The van der Waals surface area contributed by atoms with Gasteiger partial charge in [-0.3, -0.25) is 0 Å². The molecule has 0 amide bonds. The zero-order valence-electron chi connectivity index (χ0n) is 10.7. The van der Waals surface area contributed by atoms with Gasteiger partial charge in [0.15, 0.2) is 0 Å². The van der Waals surface area contributed by atoms with E-state index in [4.69, 9.17) is 11.6 Å². The zero-order valence-corrected chi connectivity index (χ0v) is 12.3. The Kier molecular flexibility index (Phi) is 3.91. The highest BCUT2D eigenvalue weighted by Gasteiger charge is 2.15. The first-order chi connectivity index (χ1) is 10.0. The first kappa shape index (κ1) is 14.4. The molecule has 0 radical (unpaired) electrons. The Morgan fingerprint density at radius 1 is 0.952 bits per heavy atom. The van der Waals surface area contributed by atoms with Crippen molar-refractivity contribution in [2.75, 3.05) is 0 Å². The molecule has 0 fully saturated rings. The third kappa shape index (κ3) is 3.06. The Morgan fingerprint density at radius 2 is 1.67 bits per heavy atom. The van der Waals surface area contributed by atoms with Crippen LogP contribution in [0.2, 0.25) is 0 Å². The molecule has 0 N–H and O–H groups in total. The third-order valence-corrected chi connectivity index (χ3v) is 4.95. The fourth-order valence-electron chi connectivity index (χ4n) is 2.16. The van der Waals surface area contributed by atoms with Gasteiger partial charge in [-0.05, 0) is 41.6 Å². The highest BCUT2D eigenvalue weighted by atomic mass is 35.5. The van der Waals surface area contributed by atoms with Crippen molar-refractivity contribution >= 4 is 33.0 Å². The van der Waals surface area contributed by atoms with Crippen molar-refractivity contribution in [3.05, 3.63) is 70.4 Å². The van der Waals surface area contributed by atoms with Gasteiger partial charge in [0, 0.05) is 15.6 Å². The van der Waals surface area contributed by atoms with Gasteiger partial charge in [0.2, 0.25) is 0 Å². The van der Waals surface area contributed by atoms with Gasteiger partial charge in [0.1, 0.15) is 17.5 Å². The van der Waals surface area contributed by atoms with E-state index >= 15 is 0 Å². The summed E-state index contributed by atoms with van der Waals surface area (Å²) in [4.78, 5) is 0.834. The lowest BCUT2D eigenvalue weighted by atomic mass is 10.1. The van der Waals surface area contributed by atoms with Crippen molar-refractivity contribution in [2.24, 2.45) is 0 Å². The van der Waals surface area contributed by atoms with E-state index < -0.39 is 17.0 Å². The molecule has 0 aliphatic rings. The Bertz CT molecular complexity index is 797. The topological polar surface area (TPSA) is 0 Å². The fourth-order valence-corrected chi connectivity index (χ4v) is 3.59. The van der Waals surface area contributed by atoms with Crippen LogP contribution in [-0.4, -0.2) is 0 Å². The molecule has 3 rings (SSSR count). The predicted molar refractivity (Wildman–Crippen MR) is 80.4 cm³/mol. The monoisotopic (exact) mass is 326 g/mol. The largest absolute Gasteiger partial charge is 0.207 e. The number of rotatable bonds is 3. The molecule has 1 heterocycles. The van der Waals surface area contributed by atoms with E-state index in [1.165, 1.54) is 35.6 Å². The van der Waals surface area contributed by atoms with Gasteiger partial charge < -0.3 is 0 Å². The van der Waals surface area contributed by atoms with E-state index in [0.29, 0.717) is 5.56 Å². The second-order valence-corrected chi connectivity index (χ2v) is 6.38. The average molecular weight is 327 g/mol. The maximum atomic E-state index is 13.6. The smallest absolute Gasteiger partial charge is 0.129 e. The molecule has 1 aromatic heterocycles. The SMILES string of the molecule is Fc1ccc(CC(Cl)c2cc3ccc(F)cc3s2)c(F)c1. The van der Waals surface area contributed by atoms with Crippen LogP contribution >= 0.6 is 22.9 Å². The van der Waals surface area contributed by atoms with Crippen molar-refractivity contribution in [3.8, 4) is 0 Å². The lowest BCUT2D eigenvalue weighted by Gasteiger charge is -2.08. The molecular weight excluding hydrogens is 317 g/mol. The molecule has 21 heavy (non-hydrogen) atoms. The number of hydrogen-bond donors (Lipinski definition) is 0. The highest BCUT2D eigenvalue weighted by molar-refractivity contribution is 7.19. The summed E-state index contributed by atoms with van der Waals surface area (Å²) in [7, 11) is 0. The summed E-state index contributed by atoms with van der Waals surface area (Å²) in [5.74, 6) is -1.51. The Hall–Kier alpha value is -1.52. The number of halogens is 4. The van der Waals surface area contributed by atoms with Crippen molar-refractivity contribution in [2.45, 2.75) is 11.8 Å². The summed E-state index contributed by atoms with van der Waals surface area (Å²) in [5, 5.41) is 0.465. The molecule has 1 atom stereocenters. The van der Waals surface area contributed by atoms with Crippen LogP contribution in [0.3, 0.4) is 0 Å². The Labute approximate surface area is 128 Å². The zero-order chi connectivity index (χ0) is 15.0. The standard InChI is InChI=1S/C16H10ClF3S/c17-13(5-9-1-3-11(18)7-14(9)20)16-6-10-2-4-12(19)8-15(10)21-16/h1-4,6-8,13H,5H2. The quantitative estimate of drug-likeness (QED) is 0.530. The van der Waals surface area contributed by atoms with Gasteiger partial charge in [-0.15, -0.1) is 22.9 Å². The summed E-state index contributed by atoms with van der Waals surface area (Å²) in [6.45, 7) is 0. The first-order valence-electron chi connectivity index (χ1n) is 6.30. The second kappa shape index (κ2) is 5.70. The minimum atomic E-state index is -0.611. The maximum absolute atomic E-state index is 13.6. The summed E-state index contributed by atoms with van der Waals surface area (Å²) in [6, 6.07) is 9.85. The number of fused-ring (bicyclic) bond motifs is 1. The maximum Gasteiger partial charge on any atom is 0.129 e. The molecule has 0 aliphatic carbocycles. The van der Waals surface area contributed by atoms with E-state index in [1.54, 1.807) is 6.07 Å². The van der Waals surface area contributed by atoms with Gasteiger partial charge in [0.25, 0.3) is 0 Å². The van der Waals surface area contributed by atoms with Crippen LogP contribution in [0.5, 0.6) is 0 Å². The normalized spacial score (nSPS) is 12.8. The molecule has 5 heteroatoms. The van der Waals surface area contributed by atoms with E-state index in [2.05, 4.69) is 0 Å². The summed E-state index contributed by atoms with van der Waals surface area (Å²) >= 11 is 7.70. The predicted octanol–water partition coefficient (Wildman–Crippen LogP) is 5.84. The number of hydrogen-bond acceptors (Lipinski definition) is 1. The van der Waals surface area contributed by atoms with E-state index in [-0.39, 0.29) is 12.2 Å². The van der Waals surface area contributed by atoms with Crippen molar-refractivity contribution in [1.29, 1.82) is 0 Å². The Balaban J connectivity index is 1.87. The van der Waals surface area contributed by atoms with Crippen LogP contribution in [0.25, 0.3) is 10.1 Å². The molecule has 1 unspecified atom stereocenters. The molecule has 0 nitrogen and oxygen atoms in total. The van der Waals surface area contributed by atoms with Gasteiger partial charge in [-0.1, -0.05) is 12.1 Å². The van der Waals surface area contributed by atoms with Crippen LogP contribution in [-0.2, 0) is 6.42 Å². The fraction of sp³-hybridized carbons (Fsp3) is 0.125. The summed E-state index contributed by atoms with van der Waals surface area (Å²) < 4.78 is 40.5. The third-order valence-electron chi connectivity index (χ3n) is 3.22. The van der Waals surface area contributed by atoms with Gasteiger partial charge in [-0.2, -0.15) is 0 Å². The second-order valence-electron chi connectivity index (χ2n) is 4.74. The van der Waals surface area contributed by atoms with Gasteiger partial charge in [-0.25, -0.2) is 13.2 Å². The summed E-state index contributed by atoms with van der Waals surface area (Å²) in [5.41, 5.74) is 0.361. The van der Waals surface area contributed by atoms with Crippen LogP contribution in [0.15, 0.2) is 42.5 Å². The molecular formula is C16H10ClF3S. The molecule has 0 aliphatic heterocycles. The number of benzene rings is 2. The lowest BCUT2D eigenvalue weighted by Crippen LogP contribution is -1.97. The highest BCUT2D eigenvalue weighted by Crippen LogP contribution is 2.35. The molecule has 0 saturated heterocycles. The minimum absolute atomic E-state index is 0.253. The first-order valence-corrected chi connectivity index (χ1v) is 7.55. The number of thiophene rings is 1. The van der Waals surface area contributed by atoms with Crippen LogP contribution in [0.4, 0.5) is 13.2 Å². The van der Waals surface area contributed by atoms with E-state index in [0.717, 1.165) is 21.0 Å². The molecule has 0 spiro atoms. The molecule has 108 valence electrons. The molecule has 0 saturated carbocycles. The minimum Gasteiger partial charge on any atom is -0.207 e. The average Bonchev–Trinajstić information content (AvgIpc) is 2.85. The van der Waals surface area contributed by atoms with E-state index in [1.807, 2.05) is 6.07 Å². The molecule has 3 aromatic rings. The Morgan fingerprint density at radius 3 is 2.43 bits per heavy atom. The van der Waals surface area contributed by atoms with Crippen molar-refractivity contribution in [1.82, 2.24) is 0 Å². The van der Waals surface area contributed by atoms with Crippen molar-refractivity contribution in [3.63, 3.8) is 0 Å². The molecule has 2 aromatic carbocycles. The van der Waals surface area contributed by atoms with Gasteiger partial charge in [0.05, 0.1) is 5.38 Å². The summed E-state index contributed by atoms with van der Waals surface area (Å²) in [6.07, 6.45) is 0.253. The van der Waals surface area contributed by atoms with Gasteiger partial charge >= 0.3 is 0 Å². The van der Waals surface area contributed by atoms with Crippen LogP contribution in [0, 0.1) is 17.5 Å². The van der Waals surface area contributed by atoms with Crippen LogP contribution < -0.4 is 0 Å². The number of alkyl halides is 1.